The van der Waals surface area contributed by atoms with Crippen molar-refractivity contribution in [2.75, 3.05) is 5.32 Å². The molecule has 0 unspecified atom stereocenters. The fourth-order valence-electron chi connectivity index (χ4n) is 1.93. The summed E-state index contributed by atoms with van der Waals surface area (Å²) in [5, 5.41) is 20.9. The average molecular weight is 285 g/mol. The molecule has 0 amide bonds. The molecular formula is C14H9ClN4O. The quantitative estimate of drug-likeness (QED) is 0.798. The van der Waals surface area contributed by atoms with Gasteiger partial charge in [0.15, 0.2) is 5.22 Å². The third-order valence-corrected chi connectivity index (χ3v) is 3.18. The Bertz CT molecular complexity index is 806. The van der Waals surface area contributed by atoms with Crippen LogP contribution in [0.4, 0.5) is 5.82 Å². The Morgan fingerprint density at radius 1 is 1.35 bits per heavy atom. The van der Waals surface area contributed by atoms with Crippen molar-refractivity contribution < 1.29 is 4.42 Å². The number of halogens is 1. The van der Waals surface area contributed by atoms with E-state index in [2.05, 4.69) is 15.5 Å². The van der Waals surface area contributed by atoms with Crippen LogP contribution in [0, 0.1) is 11.3 Å². The van der Waals surface area contributed by atoms with E-state index in [0.717, 1.165) is 16.5 Å². The zero-order chi connectivity index (χ0) is 13.9. The van der Waals surface area contributed by atoms with Crippen molar-refractivity contribution in [3.05, 3.63) is 52.9 Å². The van der Waals surface area contributed by atoms with Crippen LogP contribution in [0.3, 0.4) is 0 Å². The van der Waals surface area contributed by atoms with Gasteiger partial charge >= 0.3 is 0 Å². The minimum Gasteiger partial charge on any atom is -0.444 e. The maximum Gasteiger partial charge on any atom is 0.199 e. The number of nitrogens with zero attached hydrogens (tertiary/aromatic N) is 3. The topological polar surface area (TPSA) is 74.7 Å². The predicted octanol–water partition coefficient (Wildman–Crippen LogP) is 3.36. The van der Waals surface area contributed by atoms with E-state index in [9.17, 15) is 0 Å². The van der Waals surface area contributed by atoms with E-state index in [1.807, 2.05) is 30.3 Å². The predicted molar refractivity (Wildman–Crippen MR) is 75.3 cm³/mol. The van der Waals surface area contributed by atoms with Crippen molar-refractivity contribution in [2.24, 2.45) is 0 Å². The van der Waals surface area contributed by atoms with Crippen LogP contribution < -0.4 is 5.32 Å². The standard InChI is InChI=1S/C14H9ClN4O/c15-14-11(10-3-1-2-4-12(10)20-14)8-17-13-5-9(6-16)7-18-19-13/h1-5,7H,8H2,(H,17,19). The van der Waals surface area contributed by atoms with Gasteiger partial charge in [-0.25, -0.2) is 0 Å². The monoisotopic (exact) mass is 284 g/mol. The van der Waals surface area contributed by atoms with Gasteiger partial charge in [0.25, 0.3) is 0 Å². The summed E-state index contributed by atoms with van der Waals surface area (Å²) < 4.78 is 5.47. The lowest BCUT2D eigenvalue weighted by Crippen LogP contribution is -2.02. The summed E-state index contributed by atoms with van der Waals surface area (Å²) >= 11 is 6.10. The molecular weight excluding hydrogens is 276 g/mol. The summed E-state index contributed by atoms with van der Waals surface area (Å²) in [6, 6.07) is 11.3. The number of hydrogen-bond acceptors (Lipinski definition) is 5. The van der Waals surface area contributed by atoms with Crippen LogP contribution in [0.2, 0.25) is 5.22 Å². The molecule has 3 aromatic rings. The first-order valence-electron chi connectivity index (χ1n) is 5.90. The Kier molecular flexibility index (Phi) is 3.23. The van der Waals surface area contributed by atoms with Crippen LogP contribution in [0.1, 0.15) is 11.1 Å². The molecule has 0 saturated heterocycles. The number of aromatic nitrogens is 2. The van der Waals surface area contributed by atoms with Gasteiger partial charge in [-0.2, -0.15) is 10.4 Å². The summed E-state index contributed by atoms with van der Waals surface area (Å²) in [5.41, 5.74) is 2.04. The highest BCUT2D eigenvalue weighted by atomic mass is 35.5. The Balaban J connectivity index is 1.87. The molecule has 1 N–H and O–H groups in total. The number of fused-ring (bicyclic) bond motifs is 1. The van der Waals surface area contributed by atoms with Gasteiger partial charge in [-0.3, -0.25) is 0 Å². The highest BCUT2D eigenvalue weighted by molar-refractivity contribution is 6.30. The summed E-state index contributed by atoms with van der Waals surface area (Å²) in [6.07, 6.45) is 1.41. The minimum atomic E-state index is 0.350. The lowest BCUT2D eigenvalue weighted by molar-refractivity contribution is 0.613. The number of nitrogens with one attached hydrogen (secondary N) is 1. The Labute approximate surface area is 119 Å². The van der Waals surface area contributed by atoms with Crippen LogP contribution in [0.5, 0.6) is 0 Å². The molecule has 5 nitrogen and oxygen atoms in total. The van der Waals surface area contributed by atoms with Crippen LogP contribution >= 0.6 is 11.6 Å². The molecule has 6 heteroatoms. The second-order valence-corrected chi connectivity index (χ2v) is 4.49. The molecule has 0 saturated carbocycles. The summed E-state index contributed by atoms with van der Waals surface area (Å²) in [6.45, 7) is 0.444. The van der Waals surface area contributed by atoms with Crippen LogP contribution in [0.25, 0.3) is 11.0 Å². The molecule has 0 atom stereocenters. The van der Waals surface area contributed by atoms with Crippen molar-refractivity contribution in [2.45, 2.75) is 6.54 Å². The van der Waals surface area contributed by atoms with E-state index in [1.54, 1.807) is 6.07 Å². The summed E-state index contributed by atoms with van der Waals surface area (Å²) in [4.78, 5) is 0. The van der Waals surface area contributed by atoms with Crippen LogP contribution in [-0.2, 0) is 6.54 Å². The summed E-state index contributed by atoms with van der Waals surface area (Å²) in [5.74, 6) is 0.519. The SMILES string of the molecule is N#Cc1cnnc(NCc2c(Cl)oc3ccccc23)c1. The first kappa shape index (κ1) is 12.5. The van der Waals surface area contributed by atoms with Gasteiger partial charge in [0.05, 0.1) is 11.8 Å². The molecule has 0 bridgehead atoms. The van der Waals surface area contributed by atoms with Gasteiger partial charge in [-0.15, -0.1) is 5.10 Å². The second-order valence-electron chi connectivity index (χ2n) is 4.15. The molecule has 0 aliphatic rings. The van der Waals surface area contributed by atoms with E-state index >= 15 is 0 Å². The van der Waals surface area contributed by atoms with E-state index in [1.165, 1.54) is 6.20 Å². The lowest BCUT2D eigenvalue weighted by atomic mass is 10.2. The molecule has 2 heterocycles. The number of rotatable bonds is 3. The first-order valence-corrected chi connectivity index (χ1v) is 6.28. The zero-order valence-corrected chi connectivity index (χ0v) is 11.1. The number of para-hydroxylation sites is 1. The third-order valence-electron chi connectivity index (χ3n) is 2.88. The van der Waals surface area contributed by atoms with Gasteiger partial charge in [0, 0.05) is 23.6 Å². The highest BCUT2D eigenvalue weighted by Gasteiger charge is 2.11. The van der Waals surface area contributed by atoms with E-state index < -0.39 is 0 Å². The van der Waals surface area contributed by atoms with Crippen LogP contribution in [-0.4, -0.2) is 10.2 Å². The molecule has 0 aliphatic heterocycles. The first-order chi connectivity index (χ1) is 9.78. The maximum absolute atomic E-state index is 8.82. The van der Waals surface area contributed by atoms with E-state index in [4.69, 9.17) is 21.3 Å². The van der Waals surface area contributed by atoms with Gasteiger partial charge in [-0.1, -0.05) is 18.2 Å². The highest BCUT2D eigenvalue weighted by Crippen LogP contribution is 2.29. The normalized spacial score (nSPS) is 10.4. The van der Waals surface area contributed by atoms with Crippen molar-refractivity contribution >= 4 is 28.4 Å². The van der Waals surface area contributed by atoms with Gasteiger partial charge in [0.2, 0.25) is 0 Å². The number of anilines is 1. The van der Waals surface area contributed by atoms with Gasteiger partial charge in [-0.05, 0) is 17.7 Å². The Hall–Kier alpha value is -2.58. The van der Waals surface area contributed by atoms with Crippen LogP contribution in [0.15, 0.2) is 40.9 Å². The number of benzene rings is 1. The largest absolute Gasteiger partial charge is 0.444 e. The Morgan fingerprint density at radius 2 is 2.20 bits per heavy atom. The van der Waals surface area contributed by atoms with Crippen molar-refractivity contribution in [3.63, 3.8) is 0 Å². The molecule has 98 valence electrons. The molecule has 0 spiro atoms. The molecule has 0 radical (unpaired) electrons. The van der Waals surface area contributed by atoms with Crippen molar-refractivity contribution in [1.29, 1.82) is 5.26 Å². The smallest absolute Gasteiger partial charge is 0.199 e. The maximum atomic E-state index is 8.82. The fourth-order valence-corrected chi connectivity index (χ4v) is 2.18. The molecule has 0 fully saturated rings. The van der Waals surface area contributed by atoms with E-state index in [0.29, 0.717) is 23.1 Å². The van der Waals surface area contributed by atoms with Crippen molar-refractivity contribution in [1.82, 2.24) is 10.2 Å². The second kappa shape index (κ2) is 5.19. The van der Waals surface area contributed by atoms with Crippen molar-refractivity contribution in [3.8, 4) is 6.07 Å². The molecule has 3 rings (SSSR count). The number of nitriles is 1. The third kappa shape index (κ3) is 2.29. The number of furan rings is 1. The number of hydrogen-bond donors (Lipinski definition) is 1. The Morgan fingerprint density at radius 3 is 3.05 bits per heavy atom. The van der Waals surface area contributed by atoms with E-state index in [-0.39, 0.29) is 0 Å². The minimum absolute atomic E-state index is 0.350. The average Bonchev–Trinajstić information content (AvgIpc) is 2.81. The fraction of sp³-hybridized carbons (Fsp3) is 0.0714. The zero-order valence-electron chi connectivity index (χ0n) is 10.3. The molecule has 2 aromatic heterocycles. The molecule has 1 aromatic carbocycles. The van der Waals surface area contributed by atoms with Gasteiger partial charge < -0.3 is 9.73 Å². The molecule has 0 aliphatic carbocycles. The van der Waals surface area contributed by atoms with Gasteiger partial charge in [0.1, 0.15) is 17.5 Å². The lowest BCUT2D eigenvalue weighted by Gasteiger charge is -2.03. The summed E-state index contributed by atoms with van der Waals surface area (Å²) in [7, 11) is 0. The molecule has 20 heavy (non-hydrogen) atoms.